The first-order valence-corrected chi connectivity index (χ1v) is 7.87. The molecule has 0 bridgehead atoms. The molecule has 1 saturated heterocycles. The van der Waals surface area contributed by atoms with E-state index in [4.69, 9.17) is 10.5 Å². The predicted octanol–water partition coefficient (Wildman–Crippen LogP) is 3.07. The van der Waals surface area contributed by atoms with E-state index in [1.54, 1.807) is 19.2 Å². The van der Waals surface area contributed by atoms with Crippen molar-refractivity contribution in [3.05, 3.63) is 23.8 Å². The minimum atomic E-state index is 0.0118. The average Bonchev–Trinajstić information content (AvgIpc) is 2.95. The van der Waals surface area contributed by atoms with E-state index in [0.29, 0.717) is 22.4 Å². The number of carbonyl (C=O) groups excluding carboxylic acids is 1. The van der Waals surface area contributed by atoms with Gasteiger partial charge < -0.3 is 15.4 Å². The van der Waals surface area contributed by atoms with Crippen LogP contribution in [0.15, 0.2) is 18.2 Å². The van der Waals surface area contributed by atoms with Crippen LogP contribution in [0.1, 0.15) is 48.9 Å². The van der Waals surface area contributed by atoms with Crippen LogP contribution >= 0.6 is 0 Å². The normalized spacial score (nSPS) is 20.7. The van der Waals surface area contributed by atoms with Crippen molar-refractivity contribution in [2.24, 2.45) is 5.41 Å². The van der Waals surface area contributed by atoms with Gasteiger partial charge in [-0.2, -0.15) is 0 Å². The molecule has 1 heterocycles. The number of nitrogens with two attached hydrogens (primary N) is 1. The second kappa shape index (κ2) is 5.58. The van der Waals surface area contributed by atoms with Gasteiger partial charge in [-0.3, -0.25) is 4.79 Å². The summed E-state index contributed by atoms with van der Waals surface area (Å²) in [7, 11) is 1.58. The average molecular weight is 288 g/mol. The zero-order chi connectivity index (χ0) is 14.9. The lowest BCUT2D eigenvalue weighted by Gasteiger charge is -2.39. The molecule has 1 saturated carbocycles. The van der Waals surface area contributed by atoms with Crippen LogP contribution in [0.4, 0.5) is 5.69 Å². The lowest BCUT2D eigenvalue weighted by molar-refractivity contribution is 0.0585. The number of ether oxygens (including phenoxy) is 1. The van der Waals surface area contributed by atoms with Gasteiger partial charge >= 0.3 is 0 Å². The topological polar surface area (TPSA) is 55.6 Å². The summed E-state index contributed by atoms with van der Waals surface area (Å²) in [6.07, 6.45) is 7.65. The number of likely N-dealkylation sites (tertiary alicyclic amines) is 1. The van der Waals surface area contributed by atoms with Crippen LogP contribution < -0.4 is 10.5 Å². The van der Waals surface area contributed by atoms with Crippen molar-refractivity contribution in [1.29, 1.82) is 0 Å². The third kappa shape index (κ3) is 2.59. The Hall–Kier alpha value is -1.71. The molecule has 0 atom stereocenters. The second-order valence-electron chi connectivity index (χ2n) is 6.42. The number of rotatable bonds is 2. The molecule has 1 aliphatic heterocycles. The number of methoxy groups -OCH3 is 1. The van der Waals surface area contributed by atoms with Crippen LogP contribution in [0.3, 0.4) is 0 Å². The van der Waals surface area contributed by atoms with Crippen molar-refractivity contribution in [2.75, 3.05) is 25.9 Å². The Balaban J connectivity index is 1.75. The standard InChI is InChI=1S/C17H24N2O2/c1-21-14-6-4-5-13(18)15(14)16(20)19-11-9-17(10-12-19)7-2-3-8-17/h4-6H,2-3,7-12,18H2,1H3. The molecule has 114 valence electrons. The van der Waals surface area contributed by atoms with Crippen molar-refractivity contribution in [3.63, 3.8) is 0 Å². The summed E-state index contributed by atoms with van der Waals surface area (Å²) in [5.41, 5.74) is 7.53. The number of benzene rings is 1. The van der Waals surface area contributed by atoms with Crippen LogP contribution in [0, 0.1) is 5.41 Å². The van der Waals surface area contributed by atoms with E-state index in [-0.39, 0.29) is 5.91 Å². The van der Waals surface area contributed by atoms with Crippen molar-refractivity contribution in [3.8, 4) is 5.75 Å². The molecule has 1 aliphatic carbocycles. The van der Waals surface area contributed by atoms with Gasteiger partial charge in [0.25, 0.3) is 5.91 Å². The maximum atomic E-state index is 12.8. The quantitative estimate of drug-likeness (QED) is 0.851. The van der Waals surface area contributed by atoms with Crippen LogP contribution in [-0.2, 0) is 0 Å². The Morgan fingerprint density at radius 2 is 1.86 bits per heavy atom. The van der Waals surface area contributed by atoms with Gasteiger partial charge in [0.05, 0.1) is 7.11 Å². The highest BCUT2D eigenvalue weighted by atomic mass is 16.5. The number of amides is 1. The van der Waals surface area contributed by atoms with Gasteiger partial charge in [0.2, 0.25) is 0 Å². The van der Waals surface area contributed by atoms with Crippen LogP contribution in [-0.4, -0.2) is 31.0 Å². The molecule has 21 heavy (non-hydrogen) atoms. The van der Waals surface area contributed by atoms with Gasteiger partial charge in [-0.05, 0) is 43.2 Å². The monoisotopic (exact) mass is 288 g/mol. The molecule has 3 rings (SSSR count). The van der Waals surface area contributed by atoms with E-state index in [2.05, 4.69) is 0 Å². The minimum Gasteiger partial charge on any atom is -0.496 e. The van der Waals surface area contributed by atoms with Crippen LogP contribution in [0.2, 0.25) is 0 Å². The number of nitrogen functional groups attached to an aromatic ring is 1. The Bertz CT molecular complexity index is 526. The smallest absolute Gasteiger partial charge is 0.259 e. The number of nitrogens with zero attached hydrogens (tertiary/aromatic N) is 1. The highest BCUT2D eigenvalue weighted by Gasteiger charge is 2.38. The SMILES string of the molecule is COc1cccc(N)c1C(=O)N1CCC2(CCCC2)CC1. The summed E-state index contributed by atoms with van der Waals surface area (Å²) in [6, 6.07) is 5.37. The third-order valence-electron chi connectivity index (χ3n) is 5.27. The summed E-state index contributed by atoms with van der Waals surface area (Å²) >= 11 is 0. The molecule has 1 aromatic carbocycles. The van der Waals surface area contributed by atoms with Gasteiger partial charge in [-0.1, -0.05) is 18.9 Å². The van der Waals surface area contributed by atoms with Crippen LogP contribution in [0.25, 0.3) is 0 Å². The molecule has 2 N–H and O–H groups in total. The number of piperidine rings is 1. The van der Waals surface area contributed by atoms with Gasteiger partial charge in [0.1, 0.15) is 11.3 Å². The number of hydrogen-bond acceptors (Lipinski definition) is 3. The zero-order valence-electron chi connectivity index (χ0n) is 12.7. The van der Waals surface area contributed by atoms with Gasteiger partial charge in [-0.25, -0.2) is 0 Å². The fraction of sp³-hybridized carbons (Fsp3) is 0.588. The van der Waals surface area contributed by atoms with Crippen molar-refractivity contribution in [2.45, 2.75) is 38.5 Å². The van der Waals surface area contributed by atoms with E-state index in [9.17, 15) is 4.79 Å². The Morgan fingerprint density at radius 3 is 2.48 bits per heavy atom. The third-order valence-corrected chi connectivity index (χ3v) is 5.27. The van der Waals surface area contributed by atoms with Crippen molar-refractivity contribution >= 4 is 11.6 Å². The summed E-state index contributed by atoms with van der Waals surface area (Å²) in [4.78, 5) is 14.7. The molecule has 4 nitrogen and oxygen atoms in total. The molecular formula is C17H24N2O2. The summed E-state index contributed by atoms with van der Waals surface area (Å²) in [6.45, 7) is 1.69. The highest BCUT2D eigenvalue weighted by Crippen LogP contribution is 2.46. The first-order chi connectivity index (χ1) is 10.2. The summed E-state index contributed by atoms with van der Waals surface area (Å²) in [5.74, 6) is 0.582. The molecule has 0 aromatic heterocycles. The maximum absolute atomic E-state index is 12.8. The molecule has 0 radical (unpaired) electrons. The highest BCUT2D eigenvalue weighted by molar-refractivity contribution is 6.01. The fourth-order valence-electron chi connectivity index (χ4n) is 3.91. The largest absolute Gasteiger partial charge is 0.496 e. The molecule has 4 heteroatoms. The molecular weight excluding hydrogens is 264 g/mol. The lowest BCUT2D eigenvalue weighted by Crippen LogP contribution is -2.42. The molecule has 1 spiro atoms. The summed E-state index contributed by atoms with van der Waals surface area (Å²) < 4.78 is 5.30. The number of carbonyl (C=O) groups is 1. The Morgan fingerprint density at radius 1 is 1.19 bits per heavy atom. The van der Waals surface area contributed by atoms with Gasteiger partial charge in [0.15, 0.2) is 0 Å². The van der Waals surface area contributed by atoms with Crippen LogP contribution in [0.5, 0.6) is 5.75 Å². The predicted molar refractivity (Wildman–Crippen MR) is 83.4 cm³/mol. The lowest BCUT2D eigenvalue weighted by atomic mass is 9.77. The van der Waals surface area contributed by atoms with Crippen molar-refractivity contribution < 1.29 is 9.53 Å². The fourth-order valence-corrected chi connectivity index (χ4v) is 3.91. The second-order valence-corrected chi connectivity index (χ2v) is 6.42. The molecule has 2 fully saturated rings. The zero-order valence-corrected chi connectivity index (χ0v) is 12.7. The van der Waals surface area contributed by atoms with E-state index < -0.39 is 0 Å². The van der Waals surface area contributed by atoms with Crippen molar-refractivity contribution in [1.82, 2.24) is 4.90 Å². The number of anilines is 1. The number of hydrogen-bond donors (Lipinski definition) is 1. The van der Waals surface area contributed by atoms with E-state index in [0.717, 1.165) is 25.9 Å². The van der Waals surface area contributed by atoms with Gasteiger partial charge in [0, 0.05) is 18.8 Å². The first kappa shape index (κ1) is 14.2. The molecule has 1 aromatic rings. The van der Waals surface area contributed by atoms with Gasteiger partial charge in [-0.15, -0.1) is 0 Å². The Kier molecular flexibility index (Phi) is 3.79. The first-order valence-electron chi connectivity index (χ1n) is 7.87. The van der Waals surface area contributed by atoms with E-state index >= 15 is 0 Å². The van der Waals surface area contributed by atoms with E-state index in [1.807, 2.05) is 11.0 Å². The summed E-state index contributed by atoms with van der Waals surface area (Å²) in [5, 5.41) is 0. The molecule has 2 aliphatic rings. The molecule has 0 unspecified atom stereocenters. The van der Waals surface area contributed by atoms with E-state index in [1.165, 1.54) is 25.7 Å². The Labute approximate surface area is 126 Å². The minimum absolute atomic E-state index is 0.0118. The molecule has 1 amide bonds. The maximum Gasteiger partial charge on any atom is 0.259 e.